The molecule has 3 rings (SSSR count). The molecule has 0 fully saturated rings. The Morgan fingerprint density at radius 2 is 1.09 bits per heavy atom. The van der Waals surface area contributed by atoms with Crippen LogP contribution in [0, 0.1) is 6.92 Å². The van der Waals surface area contributed by atoms with Gasteiger partial charge in [0.2, 0.25) is 0 Å². The Morgan fingerprint density at radius 3 is 1.65 bits per heavy atom. The van der Waals surface area contributed by atoms with Crippen molar-refractivity contribution in [1.82, 2.24) is 0 Å². The summed E-state index contributed by atoms with van der Waals surface area (Å²) in [7, 11) is 0. The minimum absolute atomic E-state index is 0.0263. The van der Waals surface area contributed by atoms with Crippen LogP contribution in [0.5, 0.6) is 0 Å². The highest BCUT2D eigenvalue weighted by atomic mass is 32.1. The van der Waals surface area contributed by atoms with Gasteiger partial charge in [0.1, 0.15) is 0 Å². The van der Waals surface area contributed by atoms with Crippen molar-refractivity contribution in [1.29, 1.82) is 0 Å². The molecule has 0 spiro atoms. The van der Waals surface area contributed by atoms with Crippen molar-refractivity contribution in [3.63, 3.8) is 0 Å². The predicted molar refractivity (Wildman–Crippen MR) is 98.3 cm³/mol. The maximum Gasteiger partial charge on any atom is 0.193 e. The van der Waals surface area contributed by atoms with Gasteiger partial charge in [-0.2, -0.15) is 0 Å². The standard InChI is InChI=1S/C21H16OS/c1-15-7-9-18(10-8-15)21(23)19-13-11-17(12-14-19)20(22)16-5-3-2-4-6-16/h2-14H,1H3. The topological polar surface area (TPSA) is 17.1 Å². The fraction of sp³-hybridized carbons (Fsp3) is 0.0476. The Morgan fingerprint density at radius 1 is 0.652 bits per heavy atom. The van der Waals surface area contributed by atoms with E-state index in [2.05, 4.69) is 19.1 Å². The van der Waals surface area contributed by atoms with Gasteiger partial charge in [-0.25, -0.2) is 0 Å². The molecule has 3 aromatic carbocycles. The third kappa shape index (κ3) is 3.43. The van der Waals surface area contributed by atoms with Crippen molar-refractivity contribution in [3.8, 4) is 0 Å². The molecule has 0 bridgehead atoms. The van der Waals surface area contributed by atoms with E-state index in [1.165, 1.54) is 5.56 Å². The van der Waals surface area contributed by atoms with Crippen LogP contribution in [0.25, 0.3) is 0 Å². The molecule has 23 heavy (non-hydrogen) atoms. The van der Waals surface area contributed by atoms with Crippen LogP contribution in [0.1, 0.15) is 32.6 Å². The Balaban J connectivity index is 1.83. The van der Waals surface area contributed by atoms with Gasteiger partial charge in [-0.3, -0.25) is 4.79 Å². The number of thiocarbonyl (C=S) groups is 1. The summed E-state index contributed by atoms with van der Waals surface area (Å²) in [6.45, 7) is 2.05. The lowest BCUT2D eigenvalue weighted by Crippen LogP contribution is -2.03. The third-order valence-electron chi connectivity index (χ3n) is 3.76. The maximum absolute atomic E-state index is 12.4. The van der Waals surface area contributed by atoms with Gasteiger partial charge in [0.05, 0.1) is 4.86 Å². The van der Waals surface area contributed by atoms with Crippen LogP contribution in [-0.4, -0.2) is 10.6 Å². The molecule has 0 aliphatic heterocycles. The number of hydrogen-bond acceptors (Lipinski definition) is 2. The van der Waals surface area contributed by atoms with Gasteiger partial charge in [0, 0.05) is 11.1 Å². The van der Waals surface area contributed by atoms with E-state index in [4.69, 9.17) is 12.2 Å². The number of rotatable bonds is 4. The minimum atomic E-state index is 0.0263. The van der Waals surface area contributed by atoms with E-state index in [1.807, 2.05) is 66.7 Å². The number of benzene rings is 3. The molecule has 2 heteroatoms. The summed E-state index contributed by atoms with van der Waals surface area (Å²) in [6, 6.07) is 25.0. The second kappa shape index (κ2) is 6.67. The maximum atomic E-state index is 12.4. The summed E-state index contributed by atoms with van der Waals surface area (Å²) in [6.07, 6.45) is 0. The van der Waals surface area contributed by atoms with Crippen molar-refractivity contribution in [2.24, 2.45) is 0 Å². The largest absolute Gasteiger partial charge is 0.289 e. The highest BCUT2D eigenvalue weighted by Crippen LogP contribution is 2.15. The van der Waals surface area contributed by atoms with E-state index in [0.717, 1.165) is 16.0 Å². The van der Waals surface area contributed by atoms with E-state index in [-0.39, 0.29) is 5.78 Å². The van der Waals surface area contributed by atoms with Crippen molar-refractivity contribution in [2.75, 3.05) is 0 Å². The lowest BCUT2D eigenvalue weighted by Gasteiger charge is -2.06. The van der Waals surface area contributed by atoms with Crippen LogP contribution in [0.15, 0.2) is 78.9 Å². The summed E-state index contributed by atoms with van der Waals surface area (Å²) in [4.78, 5) is 13.2. The van der Waals surface area contributed by atoms with Crippen LogP contribution in [0.2, 0.25) is 0 Å². The summed E-state index contributed by atoms with van der Waals surface area (Å²) in [5.74, 6) is 0.0263. The zero-order chi connectivity index (χ0) is 16.2. The lowest BCUT2D eigenvalue weighted by atomic mass is 9.99. The molecule has 3 aromatic rings. The summed E-state index contributed by atoms with van der Waals surface area (Å²) in [5.41, 5.74) is 4.55. The van der Waals surface area contributed by atoms with Gasteiger partial charge in [-0.05, 0) is 18.1 Å². The summed E-state index contributed by atoms with van der Waals surface area (Å²) >= 11 is 5.55. The lowest BCUT2D eigenvalue weighted by molar-refractivity contribution is 0.103. The SMILES string of the molecule is Cc1ccc(C(=S)c2ccc(C(=O)c3ccccc3)cc2)cc1. The number of aryl methyl sites for hydroxylation is 1. The molecular formula is C21H16OS. The van der Waals surface area contributed by atoms with Crippen molar-refractivity contribution in [3.05, 3.63) is 107 Å². The van der Waals surface area contributed by atoms with E-state index >= 15 is 0 Å². The highest BCUT2D eigenvalue weighted by Gasteiger charge is 2.10. The van der Waals surface area contributed by atoms with Crippen molar-refractivity contribution < 1.29 is 4.79 Å². The Hall–Kier alpha value is -2.58. The van der Waals surface area contributed by atoms with Gasteiger partial charge in [0.15, 0.2) is 5.78 Å². The first-order valence-electron chi connectivity index (χ1n) is 7.46. The van der Waals surface area contributed by atoms with Crippen LogP contribution < -0.4 is 0 Å². The van der Waals surface area contributed by atoms with Gasteiger partial charge < -0.3 is 0 Å². The molecular weight excluding hydrogens is 300 g/mol. The van der Waals surface area contributed by atoms with Crippen LogP contribution in [-0.2, 0) is 0 Å². The van der Waals surface area contributed by atoms with E-state index < -0.39 is 0 Å². The summed E-state index contributed by atoms with van der Waals surface area (Å²) < 4.78 is 0. The van der Waals surface area contributed by atoms with Gasteiger partial charge in [0.25, 0.3) is 0 Å². The normalized spacial score (nSPS) is 10.3. The number of carbonyl (C=O) groups excluding carboxylic acids is 1. The molecule has 0 saturated carbocycles. The number of carbonyl (C=O) groups is 1. The number of ketones is 1. The molecule has 0 aliphatic rings. The highest BCUT2D eigenvalue weighted by molar-refractivity contribution is 7.81. The fourth-order valence-corrected chi connectivity index (χ4v) is 2.67. The molecule has 0 radical (unpaired) electrons. The average molecular weight is 316 g/mol. The van der Waals surface area contributed by atoms with Crippen molar-refractivity contribution in [2.45, 2.75) is 6.92 Å². The fourth-order valence-electron chi connectivity index (χ4n) is 2.40. The zero-order valence-corrected chi connectivity index (χ0v) is 13.6. The molecule has 0 atom stereocenters. The second-order valence-electron chi connectivity index (χ2n) is 5.47. The first kappa shape index (κ1) is 15.3. The first-order valence-corrected chi connectivity index (χ1v) is 7.87. The van der Waals surface area contributed by atoms with Crippen LogP contribution in [0.4, 0.5) is 0 Å². The van der Waals surface area contributed by atoms with Crippen molar-refractivity contribution >= 4 is 22.9 Å². The Labute approximate surface area is 141 Å². The number of hydrogen-bond donors (Lipinski definition) is 0. The van der Waals surface area contributed by atoms with Gasteiger partial charge >= 0.3 is 0 Å². The monoisotopic (exact) mass is 316 g/mol. The van der Waals surface area contributed by atoms with E-state index in [1.54, 1.807) is 0 Å². The first-order chi connectivity index (χ1) is 11.1. The molecule has 0 aromatic heterocycles. The molecule has 0 heterocycles. The smallest absolute Gasteiger partial charge is 0.193 e. The van der Waals surface area contributed by atoms with Gasteiger partial charge in [-0.15, -0.1) is 0 Å². The summed E-state index contributed by atoms with van der Waals surface area (Å²) in [5, 5.41) is 0. The zero-order valence-electron chi connectivity index (χ0n) is 12.8. The predicted octanol–water partition coefficient (Wildman–Crippen LogP) is 4.99. The molecule has 0 saturated heterocycles. The molecule has 112 valence electrons. The van der Waals surface area contributed by atoms with E-state index in [0.29, 0.717) is 11.1 Å². The second-order valence-corrected chi connectivity index (χ2v) is 5.88. The molecule has 1 nitrogen and oxygen atoms in total. The van der Waals surface area contributed by atoms with Crippen LogP contribution >= 0.6 is 12.2 Å². The van der Waals surface area contributed by atoms with Gasteiger partial charge in [-0.1, -0.05) is 96.6 Å². The van der Waals surface area contributed by atoms with E-state index in [9.17, 15) is 4.79 Å². The molecule has 0 amide bonds. The Kier molecular flexibility index (Phi) is 4.45. The quantitative estimate of drug-likeness (QED) is 0.498. The van der Waals surface area contributed by atoms with Crippen LogP contribution in [0.3, 0.4) is 0 Å². The average Bonchev–Trinajstić information content (AvgIpc) is 2.62. The molecule has 0 N–H and O–H groups in total. The minimum Gasteiger partial charge on any atom is -0.289 e. The Bertz CT molecular complexity index is 831. The molecule has 0 aliphatic carbocycles. The third-order valence-corrected chi connectivity index (χ3v) is 4.23. The molecule has 0 unspecified atom stereocenters.